The Kier molecular flexibility index (Phi) is 7.19. The molecule has 3 aromatic carbocycles. The van der Waals surface area contributed by atoms with Crippen molar-refractivity contribution in [3.05, 3.63) is 77.3 Å². The molecule has 1 amide bonds. The number of hydrogen-bond acceptors (Lipinski definition) is 5. The van der Waals surface area contributed by atoms with Crippen LogP contribution in [0.2, 0.25) is 0 Å². The Morgan fingerprint density at radius 1 is 0.935 bits per heavy atom. The zero-order valence-corrected chi connectivity index (χ0v) is 19.3. The highest BCUT2D eigenvalue weighted by atomic mass is 79.9. The van der Waals surface area contributed by atoms with Crippen LogP contribution in [0.5, 0.6) is 11.5 Å². The van der Waals surface area contributed by atoms with Crippen LogP contribution in [-0.2, 0) is 14.8 Å². The largest absolute Gasteiger partial charge is 0.493 e. The summed E-state index contributed by atoms with van der Waals surface area (Å²) in [6, 6.07) is 19.8. The second-order valence-corrected chi connectivity index (χ2v) is 9.11. The number of para-hydroxylation sites is 2. The van der Waals surface area contributed by atoms with E-state index in [4.69, 9.17) is 9.47 Å². The van der Waals surface area contributed by atoms with Gasteiger partial charge in [-0.3, -0.25) is 9.10 Å². The second-order valence-electron chi connectivity index (χ2n) is 6.39. The first kappa shape index (κ1) is 22.6. The van der Waals surface area contributed by atoms with Gasteiger partial charge < -0.3 is 14.8 Å². The van der Waals surface area contributed by atoms with E-state index >= 15 is 0 Å². The van der Waals surface area contributed by atoms with Crippen LogP contribution in [0.15, 0.2) is 82.2 Å². The van der Waals surface area contributed by atoms with Gasteiger partial charge in [0.25, 0.3) is 10.0 Å². The quantitative estimate of drug-likeness (QED) is 0.494. The van der Waals surface area contributed by atoms with Crippen molar-refractivity contribution >= 4 is 43.2 Å². The zero-order chi connectivity index (χ0) is 22.4. The van der Waals surface area contributed by atoms with Crippen molar-refractivity contribution in [2.45, 2.75) is 4.90 Å². The third kappa shape index (κ3) is 5.18. The second kappa shape index (κ2) is 9.84. The number of sulfonamides is 1. The van der Waals surface area contributed by atoms with Crippen LogP contribution in [0, 0.1) is 0 Å². The summed E-state index contributed by atoms with van der Waals surface area (Å²) in [6.45, 7) is -0.415. The maximum absolute atomic E-state index is 13.5. The standard InChI is InChI=1S/C22H21BrN2O5S/c1-29-20-13-12-17(14-21(20)30-2)31(27,28)25(16-8-4-3-5-9-16)15-22(26)24-19-11-7-6-10-18(19)23/h3-14H,15H2,1-2H3,(H,24,26). The minimum Gasteiger partial charge on any atom is -0.493 e. The lowest BCUT2D eigenvalue weighted by Gasteiger charge is -2.24. The number of carbonyl (C=O) groups is 1. The van der Waals surface area contributed by atoms with Crippen LogP contribution < -0.4 is 19.1 Å². The van der Waals surface area contributed by atoms with Crippen LogP contribution in [0.25, 0.3) is 0 Å². The van der Waals surface area contributed by atoms with Gasteiger partial charge in [0.05, 0.1) is 30.5 Å². The highest BCUT2D eigenvalue weighted by Crippen LogP contribution is 2.32. The van der Waals surface area contributed by atoms with Crippen molar-refractivity contribution in [1.29, 1.82) is 0 Å². The molecule has 9 heteroatoms. The maximum atomic E-state index is 13.5. The van der Waals surface area contributed by atoms with Crippen molar-refractivity contribution in [1.82, 2.24) is 0 Å². The SMILES string of the molecule is COc1ccc(S(=O)(=O)N(CC(=O)Nc2ccccc2Br)c2ccccc2)cc1OC. The van der Waals surface area contributed by atoms with Crippen LogP contribution in [0.4, 0.5) is 11.4 Å². The van der Waals surface area contributed by atoms with Gasteiger partial charge in [-0.05, 0) is 52.3 Å². The number of anilines is 2. The monoisotopic (exact) mass is 504 g/mol. The van der Waals surface area contributed by atoms with Gasteiger partial charge in [-0.25, -0.2) is 8.42 Å². The van der Waals surface area contributed by atoms with Crippen LogP contribution in [-0.4, -0.2) is 35.1 Å². The Morgan fingerprint density at radius 2 is 1.58 bits per heavy atom. The van der Waals surface area contributed by atoms with Crippen molar-refractivity contribution in [2.75, 3.05) is 30.4 Å². The molecule has 0 aromatic heterocycles. The van der Waals surface area contributed by atoms with E-state index in [2.05, 4.69) is 21.2 Å². The number of rotatable bonds is 8. The molecule has 0 bridgehead atoms. The zero-order valence-electron chi connectivity index (χ0n) is 16.9. The number of methoxy groups -OCH3 is 2. The molecule has 0 heterocycles. The van der Waals surface area contributed by atoms with Crippen molar-refractivity contribution in [2.24, 2.45) is 0 Å². The topological polar surface area (TPSA) is 84.9 Å². The third-order valence-corrected chi connectivity index (χ3v) is 6.88. The van der Waals surface area contributed by atoms with Gasteiger partial charge in [0.1, 0.15) is 6.54 Å². The molecule has 0 fully saturated rings. The number of hydrogen-bond donors (Lipinski definition) is 1. The van der Waals surface area contributed by atoms with E-state index in [-0.39, 0.29) is 10.6 Å². The summed E-state index contributed by atoms with van der Waals surface area (Å²) in [5.41, 5.74) is 0.906. The highest BCUT2D eigenvalue weighted by Gasteiger charge is 2.28. The summed E-state index contributed by atoms with van der Waals surface area (Å²) in [6.07, 6.45) is 0. The summed E-state index contributed by atoms with van der Waals surface area (Å²) in [5.74, 6) is 0.188. The Bertz CT molecular complexity index is 1170. The fourth-order valence-electron chi connectivity index (χ4n) is 2.90. The van der Waals surface area contributed by atoms with Gasteiger partial charge in [0.2, 0.25) is 5.91 Å². The molecule has 0 unspecified atom stereocenters. The molecule has 0 aliphatic heterocycles. The Morgan fingerprint density at radius 3 is 2.23 bits per heavy atom. The van der Waals surface area contributed by atoms with Gasteiger partial charge in [0, 0.05) is 10.5 Å². The van der Waals surface area contributed by atoms with Crippen molar-refractivity contribution < 1.29 is 22.7 Å². The molecule has 162 valence electrons. The number of amides is 1. The highest BCUT2D eigenvalue weighted by molar-refractivity contribution is 9.10. The number of nitrogens with zero attached hydrogens (tertiary/aromatic N) is 1. The first-order valence-corrected chi connectivity index (χ1v) is 11.4. The molecular formula is C22H21BrN2O5S. The van der Waals surface area contributed by atoms with E-state index in [0.717, 1.165) is 4.31 Å². The van der Waals surface area contributed by atoms with Crippen molar-refractivity contribution in [3.8, 4) is 11.5 Å². The summed E-state index contributed by atoms with van der Waals surface area (Å²) in [7, 11) is -1.19. The predicted octanol–water partition coefficient (Wildman–Crippen LogP) is 4.30. The minimum atomic E-state index is -4.08. The average Bonchev–Trinajstić information content (AvgIpc) is 2.79. The molecular weight excluding hydrogens is 484 g/mol. The summed E-state index contributed by atoms with van der Waals surface area (Å²) in [5, 5.41) is 2.74. The molecule has 3 aromatic rings. The van der Waals surface area contributed by atoms with Gasteiger partial charge in [-0.2, -0.15) is 0 Å². The lowest BCUT2D eigenvalue weighted by Crippen LogP contribution is -2.38. The molecule has 3 rings (SSSR count). The Hall–Kier alpha value is -3.04. The molecule has 0 radical (unpaired) electrons. The van der Waals surface area contributed by atoms with E-state index in [0.29, 0.717) is 21.6 Å². The normalized spacial score (nSPS) is 10.9. The van der Waals surface area contributed by atoms with E-state index in [9.17, 15) is 13.2 Å². The van der Waals surface area contributed by atoms with E-state index in [1.807, 2.05) is 6.07 Å². The third-order valence-electron chi connectivity index (χ3n) is 4.42. The molecule has 1 N–H and O–H groups in total. The smallest absolute Gasteiger partial charge is 0.264 e. The molecule has 7 nitrogen and oxygen atoms in total. The van der Waals surface area contributed by atoms with E-state index in [1.54, 1.807) is 48.5 Å². The van der Waals surface area contributed by atoms with E-state index < -0.39 is 22.5 Å². The number of ether oxygens (including phenoxy) is 2. The molecule has 0 aliphatic rings. The maximum Gasteiger partial charge on any atom is 0.264 e. The lowest BCUT2D eigenvalue weighted by atomic mass is 10.3. The molecule has 0 aliphatic carbocycles. The summed E-state index contributed by atoms with van der Waals surface area (Å²) >= 11 is 3.37. The van der Waals surface area contributed by atoms with Crippen LogP contribution in [0.1, 0.15) is 0 Å². The number of benzene rings is 3. The van der Waals surface area contributed by atoms with Gasteiger partial charge >= 0.3 is 0 Å². The molecule has 0 saturated heterocycles. The van der Waals surface area contributed by atoms with Gasteiger partial charge in [0.15, 0.2) is 11.5 Å². The number of halogens is 1. The van der Waals surface area contributed by atoms with Crippen LogP contribution >= 0.6 is 15.9 Å². The van der Waals surface area contributed by atoms with E-state index in [1.165, 1.54) is 32.4 Å². The summed E-state index contributed by atoms with van der Waals surface area (Å²) < 4.78 is 39.2. The Balaban J connectivity index is 1.97. The number of nitrogens with one attached hydrogen (secondary N) is 1. The van der Waals surface area contributed by atoms with Crippen molar-refractivity contribution in [3.63, 3.8) is 0 Å². The fourth-order valence-corrected chi connectivity index (χ4v) is 4.72. The Labute approximate surface area is 189 Å². The first-order chi connectivity index (χ1) is 14.9. The molecule has 0 atom stereocenters. The van der Waals surface area contributed by atoms with Gasteiger partial charge in [-0.15, -0.1) is 0 Å². The van der Waals surface area contributed by atoms with Crippen LogP contribution in [0.3, 0.4) is 0 Å². The predicted molar refractivity (Wildman–Crippen MR) is 123 cm³/mol. The molecule has 0 spiro atoms. The fraction of sp³-hybridized carbons (Fsp3) is 0.136. The molecule has 31 heavy (non-hydrogen) atoms. The number of carbonyl (C=O) groups excluding carboxylic acids is 1. The minimum absolute atomic E-state index is 0.0253. The average molecular weight is 505 g/mol. The van der Waals surface area contributed by atoms with Gasteiger partial charge in [-0.1, -0.05) is 30.3 Å². The lowest BCUT2D eigenvalue weighted by molar-refractivity contribution is -0.114. The summed E-state index contributed by atoms with van der Waals surface area (Å²) in [4.78, 5) is 12.7. The molecule has 0 saturated carbocycles. The first-order valence-electron chi connectivity index (χ1n) is 9.21.